The van der Waals surface area contributed by atoms with Crippen LogP contribution in [-0.4, -0.2) is 34.2 Å². The number of nitrogens with zero attached hydrogens (tertiary/aromatic N) is 3. The van der Waals surface area contributed by atoms with Gasteiger partial charge in [0.2, 0.25) is 0 Å². The first-order valence-electron chi connectivity index (χ1n) is 5.10. The molecule has 1 heterocycles. The van der Waals surface area contributed by atoms with Crippen molar-refractivity contribution in [3.63, 3.8) is 0 Å². The van der Waals surface area contributed by atoms with E-state index in [4.69, 9.17) is 10.3 Å². The number of rotatable bonds is 4. The second-order valence-corrected chi connectivity index (χ2v) is 6.30. The summed E-state index contributed by atoms with van der Waals surface area (Å²) in [6.07, 6.45) is 0.307. The minimum atomic E-state index is -0.537. The minimum Gasteiger partial charge on any atom is -0.466 e. The van der Waals surface area contributed by atoms with Gasteiger partial charge in [-0.05, 0) is 19.4 Å². The molecule has 0 aromatic rings. The lowest BCUT2D eigenvalue weighted by Gasteiger charge is -2.35. The molecule has 2 atom stereocenters. The Morgan fingerprint density at radius 2 is 2.44 bits per heavy atom. The molecule has 0 N–H and O–H groups in total. The van der Waals surface area contributed by atoms with E-state index in [1.54, 1.807) is 30.4 Å². The second kappa shape index (κ2) is 6.27. The number of esters is 1. The lowest BCUT2D eigenvalue weighted by atomic mass is 10.2. The van der Waals surface area contributed by atoms with E-state index in [-0.39, 0.29) is 11.2 Å². The monoisotopic (exact) mass is 261 g/mol. The van der Waals surface area contributed by atoms with E-state index in [2.05, 4.69) is 10.0 Å². The van der Waals surface area contributed by atoms with Gasteiger partial charge in [0.05, 0.1) is 13.0 Å². The zero-order valence-electron chi connectivity index (χ0n) is 9.38. The summed E-state index contributed by atoms with van der Waals surface area (Å²) in [6, 6.07) is 0. The first-order valence-corrected chi connectivity index (χ1v) is 7.13. The summed E-state index contributed by atoms with van der Waals surface area (Å²) < 4.78 is 4.92. The number of thioether (sulfide) groups is 2. The summed E-state index contributed by atoms with van der Waals surface area (Å²) in [4.78, 5) is 13.8. The minimum absolute atomic E-state index is 0.00111. The predicted octanol–water partition coefficient (Wildman–Crippen LogP) is 2.81. The predicted molar refractivity (Wildman–Crippen MR) is 67.5 cm³/mol. The van der Waals surface area contributed by atoms with Gasteiger partial charge >= 0.3 is 5.97 Å². The normalized spacial score (nSPS) is 29.2. The highest BCUT2D eigenvalue weighted by Crippen LogP contribution is 2.43. The summed E-state index contributed by atoms with van der Waals surface area (Å²) in [7, 11) is 0. The largest absolute Gasteiger partial charge is 0.466 e. The molecule has 1 aliphatic heterocycles. The number of hydrogen-bond donors (Lipinski definition) is 0. The molecule has 0 unspecified atom stereocenters. The van der Waals surface area contributed by atoms with Crippen molar-refractivity contribution < 1.29 is 9.53 Å². The van der Waals surface area contributed by atoms with Crippen molar-refractivity contribution in [3.05, 3.63) is 10.4 Å². The van der Waals surface area contributed by atoms with E-state index in [0.29, 0.717) is 13.0 Å². The molecule has 0 bridgehead atoms. The van der Waals surface area contributed by atoms with Gasteiger partial charge in [0.25, 0.3) is 0 Å². The van der Waals surface area contributed by atoms with Gasteiger partial charge in [0.15, 0.2) is 0 Å². The topological polar surface area (TPSA) is 75.1 Å². The third kappa shape index (κ3) is 3.50. The standard InChI is InChI=1S/C9H15N3O2S2/c1-3-14-8(13)6-7-9(2,11-12-10)16-5-4-15-7/h7H,3-6H2,1-2H3/t7-,9+/m0/s1. The molecule has 90 valence electrons. The maximum absolute atomic E-state index is 11.4. The maximum Gasteiger partial charge on any atom is 0.306 e. The maximum atomic E-state index is 11.4. The van der Waals surface area contributed by atoms with Gasteiger partial charge in [-0.3, -0.25) is 4.79 Å². The van der Waals surface area contributed by atoms with Crippen molar-refractivity contribution in [3.8, 4) is 0 Å². The Morgan fingerprint density at radius 1 is 1.69 bits per heavy atom. The van der Waals surface area contributed by atoms with E-state index < -0.39 is 4.87 Å². The molecule has 0 aliphatic carbocycles. The van der Waals surface area contributed by atoms with E-state index >= 15 is 0 Å². The third-order valence-corrected chi connectivity index (χ3v) is 5.53. The lowest BCUT2D eigenvalue weighted by Crippen LogP contribution is -2.37. The Bertz CT molecular complexity index is 307. The first kappa shape index (κ1) is 13.5. The van der Waals surface area contributed by atoms with Crippen molar-refractivity contribution in [1.29, 1.82) is 0 Å². The molecule has 16 heavy (non-hydrogen) atoms. The Hall–Kier alpha value is -0.520. The van der Waals surface area contributed by atoms with Gasteiger partial charge in [-0.25, -0.2) is 0 Å². The van der Waals surface area contributed by atoms with Crippen LogP contribution in [0, 0.1) is 0 Å². The van der Waals surface area contributed by atoms with Crippen LogP contribution in [-0.2, 0) is 9.53 Å². The van der Waals surface area contributed by atoms with Crippen molar-refractivity contribution in [1.82, 2.24) is 0 Å². The fraction of sp³-hybridized carbons (Fsp3) is 0.889. The average Bonchev–Trinajstić information content (AvgIpc) is 2.22. The van der Waals surface area contributed by atoms with Crippen LogP contribution in [0.15, 0.2) is 5.11 Å². The zero-order chi connectivity index (χ0) is 12.0. The first-order chi connectivity index (χ1) is 7.62. The number of azide groups is 1. The molecule has 1 saturated heterocycles. The lowest BCUT2D eigenvalue weighted by molar-refractivity contribution is -0.143. The van der Waals surface area contributed by atoms with Gasteiger partial charge in [-0.2, -0.15) is 11.8 Å². The molecule has 1 aliphatic rings. The molecule has 0 aromatic carbocycles. The van der Waals surface area contributed by atoms with Crippen LogP contribution >= 0.6 is 23.5 Å². The number of ether oxygens (including phenoxy) is 1. The highest BCUT2D eigenvalue weighted by molar-refractivity contribution is 8.07. The van der Waals surface area contributed by atoms with Crippen molar-refractivity contribution in [2.45, 2.75) is 30.4 Å². The van der Waals surface area contributed by atoms with Crippen LogP contribution in [0.25, 0.3) is 10.4 Å². The Morgan fingerprint density at radius 3 is 3.06 bits per heavy atom. The van der Waals surface area contributed by atoms with E-state index in [1.165, 1.54) is 0 Å². The Balaban J connectivity index is 2.67. The van der Waals surface area contributed by atoms with Crippen LogP contribution in [0.2, 0.25) is 0 Å². The molecule has 0 aromatic heterocycles. The van der Waals surface area contributed by atoms with Gasteiger partial charge in [-0.15, -0.1) is 11.8 Å². The summed E-state index contributed by atoms with van der Waals surface area (Å²) >= 11 is 3.29. The summed E-state index contributed by atoms with van der Waals surface area (Å²) in [5.74, 6) is 1.70. The third-order valence-electron chi connectivity index (χ3n) is 2.29. The Kier molecular flexibility index (Phi) is 5.31. The molecular formula is C9H15N3O2S2. The van der Waals surface area contributed by atoms with Gasteiger partial charge < -0.3 is 4.74 Å². The van der Waals surface area contributed by atoms with Gasteiger partial charge in [0, 0.05) is 21.7 Å². The number of carbonyl (C=O) groups excluding carboxylic acids is 1. The number of carbonyl (C=O) groups is 1. The quantitative estimate of drug-likeness (QED) is 0.337. The number of hydrogen-bond acceptors (Lipinski definition) is 5. The summed E-state index contributed by atoms with van der Waals surface area (Å²) in [5, 5.41) is 3.83. The molecule has 1 rings (SSSR count). The van der Waals surface area contributed by atoms with Crippen LogP contribution < -0.4 is 0 Å². The Labute approximate surface area is 103 Å². The molecule has 7 heteroatoms. The van der Waals surface area contributed by atoms with Crippen molar-refractivity contribution in [2.24, 2.45) is 5.11 Å². The van der Waals surface area contributed by atoms with E-state index in [1.807, 2.05) is 6.92 Å². The fourth-order valence-electron chi connectivity index (χ4n) is 1.49. The van der Waals surface area contributed by atoms with Crippen LogP contribution in [0.1, 0.15) is 20.3 Å². The molecule has 0 amide bonds. The van der Waals surface area contributed by atoms with E-state index in [0.717, 1.165) is 11.5 Å². The van der Waals surface area contributed by atoms with E-state index in [9.17, 15) is 4.79 Å². The zero-order valence-corrected chi connectivity index (χ0v) is 11.0. The van der Waals surface area contributed by atoms with Crippen LogP contribution in [0.5, 0.6) is 0 Å². The van der Waals surface area contributed by atoms with Crippen LogP contribution in [0.3, 0.4) is 0 Å². The fourth-order valence-corrected chi connectivity index (χ4v) is 4.29. The molecule has 0 radical (unpaired) electrons. The van der Waals surface area contributed by atoms with Crippen LogP contribution in [0.4, 0.5) is 0 Å². The molecule has 0 spiro atoms. The molecule has 5 nitrogen and oxygen atoms in total. The van der Waals surface area contributed by atoms with Crippen molar-refractivity contribution in [2.75, 3.05) is 18.1 Å². The molecule has 0 saturated carbocycles. The molecular weight excluding hydrogens is 246 g/mol. The summed E-state index contributed by atoms with van der Waals surface area (Å²) in [6.45, 7) is 4.06. The SMILES string of the molecule is CCOC(=O)C[C@@H]1SCCS[C@@]1(C)N=[N+]=[N-]. The average molecular weight is 261 g/mol. The van der Waals surface area contributed by atoms with Gasteiger partial charge in [-0.1, -0.05) is 5.11 Å². The summed E-state index contributed by atoms with van der Waals surface area (Å²) in [5.41, 5.74) is 8.56. The van der Waals surface area contributed by atoms with Crippen molar-refractivity contribution >= 4 is 29.5 Å². The highest BCUT2D eigenvalue weighted by atomic mass is 32.2. The highest BCUT2D eigenvalue weighted by Gasteiger charge is 2.38. The van der Waals surface area contributed by atoms with Gasteiger partial charge in [0.1, 0.15) is 4.87 Å². The molecule has 1 fully saturated rings. The smallest absolute Gasteiger partial charge is 0.306 e. The second-order valence-electron chi connectivity index (χ2n) is 3.46.